The molecule has 1 aliphatic heterocycles. The standard InChI is InChI=1S/C16H19N3O4S/c1-24(21,22)12-4-5-14-13(6-12)18-15-9-23-8-11(19(14)15)7-17-16(20)10-2-3-10/h4-6,10-11H,2-3,7-9H2,1H3,(H,17,20)/t11-/m0/s1. The van der Waals surface area contributed by atoms with Crippen LogP contribution in [0.1, 0.15) is 24.7 Å². The fraction of sp³-hybridized carbons (Fsp3) is 0.500. The molecule has 1 aromatic heterocycles. The van der Waals surface area contributed by atoms with Gasteiger partial charge in [-0.25, -0.2) is 13.4 Å². The molecule has 8 heteroatoms. The molecule has 128 valence electrons. The highest BCUT2D eigenvalue weighted by Crippen LogP contribution is 2.30. The van der Waals surface area contributed by atoms with Crippen LogP contribution in [0.2, 0.25) is 0 Å². The zero-order valence-electron chi connectivity index (χ0n) is 13.4. The van der Waals surface area contributed by atoms with Gasteiger partial charge in [0.1, 0.15) is 12.4 Å². The maximum Gasteiger partial charge on any atom is 0.223 e. The first-order valence-corrected chi connectivity index (χ1v) is 9.89. The zero-order chi connectivity index (χ0) is 16.9. The van der Waals surface area contributed by atoms with Gasteiger partial charge in [0.05, 0.1) is 28.6 Å². The second kappa shape index (κ2) is 5.56. The summed E-state index contributed by atoms with van der Waals surface area (Å²) in [5, 5.41) is 2.98. The van der Waals surface area contributed by atoms with E-state index in [0.29, 0.717) is 25.3 Å². The third-order valence-electron chi connectivity index (χ3n) is 4.53. The van der Waals surface area contributed by atoms with Crippen molar-refractivity contribution in [2.45, 2.75) is 30.4 Å². The first kappa shape index (κ1) is 15.6. The summed E-state index contributed by atoms with van der Waals surface area (Å²) >= 11 is 0. The molecule has 7 nitrogen and oxygen atoms in total. The van der Waals surface area contributed by atoms with E-state index in [0.717, 1.165) is 24.2 Å². The number of aromatic nitrogens is 2. The molecule has 2 aromatic rings. The summed E-state index contributed by atoms with van der Waals surface area (Å²) in [5.74, 6) is 1.03. The Balaban J connectivity index is 1.66. The molecule has 2 aliphatic rings. The highest BCUT2D eigenvalue weighted by Gasteiger charge is 2.31. The van der Waals surface area contributed by atoms with Gasteiger partial charge in [-0.3, -0.25) is 4.79 Å². The Bertz CT molecular complexity index is 915. The van der Waals surface area contributed by atoms with Crippen LogP contribution in [0.5, 0.6) is 0 Å². The number of hydrogen-bond acceptors (Lipinski definition) is 5. The summed E-state index contributed by atoms with van der Waals surface area (Å²) in [4.78, 5) is 16.6. The first-order chi connectivity index (χ1) is 11.4. The quantitative estimate of drug-likeness (QED) is 0.891. The number of nitrogens with zero attached hydrogens (tertiary/aromatic N) is 2. The van der Waals surface area contributed by atoms with Crippen molar-refractivity contribution in [2.24, 2.45) is 5.92 Å². The number of fused-ring (bicyclic) bond motifs is 3. The van der Waals surface area contributed by atoms with Gasteiger partial charge in [-0.2, -0.15) is 0 Å². The van der Waals surface area contributed by atoms with Crippen molar-refractivity contribution in [3.05, 3.63) is 24.0 Å². The van der Waals surface area contributed by atoms with Gasteiger partial charge in [-0.1, -0.05) is 0 Å². The van der Waals surface area contributed by atoms with Crippen molar-refractivity contribution >= 4 is 26.8 Å². The van der Waals surface area contributed by atoms with Gasteiger partial charge in [0.2, 0.25) is 5.91 Å². The van der Waals surface area contributed by atoms with Crippen LogP contribution in [0.15, 0.2) is 23.1 Å². The number of imidazole rings is 1. The molecule has 2 heterocycles. The van der Waals surface area contributed by atoms with Crippen molar-refractivity contribution < 1.29 is 17.9 Å². The normalized spacial score (nSPS) is 20.8. The molecule has 1 amide bonds. The van der Waals surface area contributed by atoms with E-state index >= 15 is 0 Å². The van der Waals surface area contributed by atoms with Gasteiger partial charge < -0.3 is 14.6 Å². The fourth-order valence-corrected chi connectivity index (χ4v) is 3.73. The lowest BCUT2D eigenvalue weighted by Crippen LogP contribution is -2.36. The number of hydrogen-bond donors (Lipinski definition) is 1. The Morgan fingerprint density at radius 2 is 2.21 bits per heavy atom. The molecule has 1 atom stereocenters. The highest BCUT2D eigenvalue weighted by atomic mass is 32.2. The molecule has 1 aliphatic carbocycles. The third-order valence-corrected chi connectivity index (χ3v) is 5.64. The molecule has 0 bridgehead atoms. The van der Waals surface area contributed by atoms with E-state index in [9.17, 15) is 13.2 Å². The van der Waals surface area contributed by atoms with E-state index in [2.05, 4.69) is 14.9 Å². The Hall–Kier alpha value is -1.93. The minimum atomic E-state index is -3.27. The zero-order valence-corrected chi connectivity index (χ0v) is 14.2. The monoisotopic (exact) mass is 349 g/mol. The van der Waals surface area contributed by atoms with E-state index in [4.69, 9.17) is 4.74 Å². The maximum atomic E-state index is 11.9. The molecular weight excluding hydrogens is 330 g/mol. The van der Waals surface area contributed by atoms with Crippen LogP contribution in [-0.2, 0) is 26.0 Å². The summed E-state index contributed by atoms with van der Waals surface area (Å²) in [7, 11) is -3.27. The Morgan fingerprint density at radius 1 is 1.42 bits per heavy atom. The Labute approximate surface area is 139 Å². The molecule has 1 saturated carbocycles. The maximum absolute atomic E-state index is 11.9. The lowest BCUT2D eigenvalue weighted by Gasteiger charge is -2.26. The number of nitrogens with one attached hydrogen (secondary N) is 1. The first-order valence-electron chi connectivity index (χ1n) is 8.00. The van der Waals surface area contributed by atoms with E-state index in [1.807, 2.05) is 0 Å². The molecule has 0 spiro atoms. The summed E-state index contributed by atoms with van der Waals surface area (Å²) in [6.07, 6.45) is 3.13. The average Bonchev–Trinajstić information content (AvgIpc) is 3.31. The number of carbonyl (C=O) groups excluding carboxylic acids is 1. The van der Waals surface area contributed by atoms with Gasteiger partial charge in [-0.05, 0) is 31.0 Å². The van der Waals surface area contributed by atoms with Crippen molar-refractivity contribution in [1.82, 2.24) is 14.9 Å². The highest BCUT2D eigenvalue weighted by molar-refractivity contribution is 7.90. The summed E-state index contributed by atoms with van der Waals surface area (Å²) < 4.78 is 31.1. The largest absolute Gasteiger partial charge is 0.371 e. The predicted octanol–water partition coefficient (Wildman–Crippen LogP) is 1.04. The van der Waals surface area contributed by atoms with Gasteiger partial charge in [0.25, 0.3) is 0 Å². The van der Waals surface area contributed by atoms with Gasteiger partial charge in [0.15, 0.2) is 9.84 Å². The molecule has 1 N–H and O–H groups in total. The fourth-order valence-electron chi connectivity index (χ4n) is 3.09. The lowest BCUT2D eigenvalue weighted by atomic mass is 10.2. The Kier molecular flexibility index (Phi) is 3.61. The number of sulfone groups is 1. The van der Waals surface area contributed by atoms with Crippen LogP contribution in [-0.4, -0.2) is 43.3 Å². The summed E-state index contributed by atoms with van der Waals surface area (Å²) in [5.41, 5.74) is 1.50. The van der Waals surface area contributed by atoms with E-state index in [-0.39, 0.29) is 22.8 Å². The Morgan fingerprint density at radius 3 is 2.92 bits per heavy atom. The number of amides is 1. The van der Waals surface area contributed by atoms with Crippen LogP contribution in [0, 0.1) is 5.92 Å². The molecule has 0 unspecified atom stereocenters. The van der Waals surface area contributed by atoms with Gasteiger partial charge in [0, 0.05) is 18.7 Å². The molecule has 1 aromatic carbocycles. The van der Waals surface area contributed by atoms with E-state index < -0.39 is 9.84 Å². The lowest BCUT2D eigenvalue weighted by molar-refractivity contribution is -0.122. The number of ether oxygens (including phenoxy) is 1. The molecule has 0 saturated heterocycles. The number of rotatable bonds is 4. The van der Waals surface area contributed by atoms with Crippen molar-refractivity contribution in [2.75, 3.05) is 19.4 Å². The van der Waals surface area contributed by atoms with Gasteiger partial charge in [-0.15, -0.1) is 0 Å². The van der Waals surface area contributed by atoms with Crippen molar-refractivity contribution in [1.29, 1.82) is 0 Å². The average molecular weight is 349 g/mol. The molecule has 1 fully saturated rings. The number of carbonyl (C=O) groups is 1. The van der Waals surface area contributed by atoms with Crippen LogP contribution in [0.25, 0.3) is 11.0 Å². The smallest absolute Gasteiger partial charge is 0.223 e. The van der Waals surface area contributed by atoms with Crippen LogP contribution < -0.4 is 5.32 Å². The SMILES string of the molecule is CS(=O)(=O)c1ccc2c(c1)nc1n2[C@@H](CNC(=O)C2CC2)COC1. The summed E-state index contributed by atoms with van der Waals surface area (Å²) in [6, 6.07) is 4.94. The molecule has 24 heavy (non-hydrogen) atoms. The van der Waals surface area contributed by atoms with Crippen LogP contribution in [0.4, 0.5) is 0 Å². The third kappa shape index (κ3) is 2.80. The second-order valence-electron chi connectivity index (χ2n) is 6.51. The molecular formula is C16H19N3O4S. The predicted molar refractivity (Wildman–Crippen MR) is 87.3 cm³/mol. The topological polar surface area (TPSA) is 90.3 Å². The van der Waals surface area contributed by atoms with Gasteiger partial charge >= 0.3 is 0 Å². The van der Waals surface area contributed by atoms with Crippen molar-refractivity contribution in [3.8, 4) is 0 Å². The van der Waals surface area contributed by atoms with Crippen molar-refractivity contribution in [3.63, 3.8) is 0 Å². The van der Waals surface area contributed by atoms with E-state index in [1.54, 1.807) is 18.2 Å². The van der Waals surface area contributed by atoms with Crippen LogP contribution >= 0.6 is 0 Å². The summed E-state index contributed by atoms with van der Waals surface area (Å²) in [6.45, 7) is 1.37. The molecule has 4 rings (SSSR count). The minimum Gasteiger partial charge on any atom is -0.371 e. The second-order valence-corrected chi connectivity index (χ2v) is 8.52. The van der Waals surface area contributed by atoms with Crippen LogP contribution in [0.3, 0.4) is 0 Å². The number of benzene rings is 1. The molecule has 0 radical (unpaired) electrons. The minimum absolute atomic E-state index is 0.0365. The van der Waals surface area contributed by atoms with E-state index in [1.165, 1.54) is 6.26 Å².